The largest absolute Gasteiger partial charge is 1.00 e. The van der Waals surface area contributed by atoms with Crippen LogP contribution in [0, 0.1) is 0 Å². The maximum Gasteiger partial charge on any atom is 1.00 e. The van der Waals surface area contributed by atoms with Crippen molar-refractivity contribution in [3.8, 4) is 33.8 Å². The van der Waals surface area contributed by atoms with Crippen LogP contribution in [0.4, 0.5) is 0 Å². The molecule has 14 heteroatoms. The molecule has 0 radical (unpaired) electrons. The Morgan fingerprint density at radius 3 is 1.47 bits per heavy atom. The van der Waals surface area contributed by atoms with E-state index in [-0.39, 0.29) is 43.1 Å². The van der Waals surface area contributed by atoms with Gasteiger partial charge in [-0.15, -0.1) is 0 Å². The van der Waals surface area contributed by atoms with Crippen LogP contribution in [0.1, 0.15) is 51.8 Å². The van der Waals surface area contributed by atoms with Crippen LogP contribution in [0.2, 0.25) is 0 Å². The second kappa shape index (κ2) is 25.5. The number of carbonyl (C=O) groups is 2. The van der Waals surface area contributed by atoms with Crippen molar-refractivity contribution in [1.82, 2.24) is 10.6 Å². The average molecular weight is 913 g/mol. The second-order valence-electron chi connectivity index (χ2n) is 15.8. The number of fused-ring (bicyclic) bond motifs is 2. The summed E-state index contributed by atoms with van der Waals surface area (Å²) in [6, 6.07) is 43.5. The monoisotopic (exact) mass is 912 g/mol. The number of hydrogen-bond donors (Lipinski definition) is 5. The number of carbonyl (C=O) groups excluding carboxylic acids is 1. The number of rotatable bonds is 19. The summed E-state index contributed by atoms with van der Waals surface area (Å²) < 4.78 is 29.6. The van der Waals surface area contributed by atoms with E-state index in [9.17, 15) is 9.59 Å². The van der Waals surface area contributed by atoms with Crippen LogP contribution in [-0.2, 0) is 66.6 Å². The van der Waals surface area contributed by atoms with E-state index in [4.69, 9.17) is 39.6 Å². The maximum absolute atomic E-state index is 12.0. The van der Waals surface area contributed by atoms with E-state index in [1.54, 1.807) is 19.1 Å². The van der Waals surface area contributed by atoms with Crippen LogP contribution >= 0.6 is 0 Å². The topological polar surface area (TPSA) is 214 Å². The molecule has 0 aliphatic rings. The van der Waals surface area contributed by atoms with Crippen LogP contribution in [0.3, 0.4) is 0 Å². The molecule has 8 N–H and O–H groups in total. The molecular formula is C54H57LiN4O9. The summed E-state index contributed by atoms with van der Waals surface area (Å²) in [5, 5.41) is 17.4. The average Bonchev–Trinajstić information content (AvgIpc) is 3.94. The summed E-state index contributed by atoms with van der Waals surface area (Å²) in [6.45, 7) is 5.03. The number of carboxylic acid groups (broad SMARTS) is 1. The van der Waals surface area contributed by atoms with Crippen molar-refractivity contribution in [1.29, 1.82) is 0 Å². The number of nitrogens with two attached hydrogens (primary N) is 2. The molecule has 348 valence electrons. The molecule has 8 aromatic rings. The number of hydrogen-bond acceptors (Lipinski definition) is 12. The van der Waals surface area contributed by atoms with Gasteiger partial charge in [-0.2, -0.15) is 0 Å². The first kappa shape index (κ1) is 52.3. The van der Waals surface area contributed by atoms with Crippen LogP contribution in [0.15, 0.2) is 142 Å². The predicted octanol–water partition coefficient (Wildman–Crippen LogP) is 6.27. The van der Waals surface area contributed by atoms with Gasteiger partial charge in [0.05, 0.1) is 32.5 Å². The van der Waals surface area contributed by atoms with Gasteiger partial charge in [-0.3, -0.25) is 9.59 Å². The molecule has 2 heterocycles. The van der Waals surface area contributed by atoms with Gasteiger partial charge in [0, 0.05) is 46.1 Å². The van der Waals surface area contributed by atoms with Crippen LogP contribution in [0.25, 0.3) is 44.2 Å². The van der Waals surface area contributed by atoms with Gasteiger partial charge < -0.3 is 55.7 Å². The molecule has 0 saturated carbocycles. The smallest absolute Gasteiger partial charge is 0.870 e. The molecule has 0 fully saturated rings. The Labute approximate surface area is 408 Å². The Balaban J connectivity index is 0.000000247. The van der Waals surface area contributed by atoms with E-state index >= 15 is 0 Å². The van der Waals surface area contributed by atoms with Crippen molar-refractivity contribution >= 4 is 33.9 Å². The van der Waals surface area contributed by atoms with Crippen molar-refractivity contribution in [2.45, 2.75) is 59.2 Å². The molecule has 8 rings (SSSR count). The van der Waals surface area contributed by atoms with E-state index in [1.165, 1.54) is 0 Å². The normalized spacial score (nSPS) is 10.7. The zero-order chi connectivity index (χ0) is 46.4. The third-order valence-corrected chi connectivity index (χ3v) is 10.8. The Hall–Kier alpha value is -6.66. The zero-order valence-electron chi connectivity index (χ0n) is 39.0. The number of furan rings is 2. The molecule has 0 amide bonds. The molecule has 0 aliphatic carbocycles. The van der Waals surface area contributed by atoms with Gasteiger partial charge in [-0.25, -0.2) is 0 Å². The molecule has 2 aromatic heterocycles. The first-order valence-corrected chi connectivity index (χ1v) is 22.0. The maximum atomic E-state index is 12.0. The number of aliphatic carboxylic acids is 1. The molecule has 0 spiro atoms. The van der Waals surface area contributed by atoms with Crippen molar-refractivity contribution in [2.75, 3.05) is 20.7 Å². The Kier molecular flexibility index (Phi) is 19.6. The molecule has 0 aliphatic heterocycles. The molecule has 0 bridgehead atoms. The van der Waals surface area contributed by atoms with Gasteiger partial charge >= 0.3 is 30.8 Å². The van der Waals surface area contributed by atoms with Gasteiger partial charge in [0.2, 0.25) is 0 Å². The molecule has 0 unspecified atom stereocenters. The van der Waals surface area contributed by atoms with Gasteiger partial charge in [0.25, 0.3) is 0 Å². The third kappa shape index (κ3) is 13.5. The fourth-order valence-corrected chi connectivity index (χ4v) is 7.82. The van der Waals surface area contributed by atoms with Gasteiger partial charge in [-0.05, 0) is 115 Å². The fraction of sp³-hybridized carbons (Fsp3) is 0.222. The van der Waals surface area contributed by atoms with Gasteiger partial charge in [0.15, 0.2) is 0 Å². The first-order valence-electron chi connectivity index (χ1n) is 22.0. The van der Waals surface area contributed by atoms with Crippen molar-refractivity contribution in [3.05, 3.63) is 178 Å². The summed E-state index contributed by atoms with van der Waals surface area (Å²) in [4.78, 5) is 23.2. The number of para-hydroxylation sites is 2. The van der Waals surface area contributed by atoms with Crippen LogP contribution < -0.4 is 50.4 Å². The van der Waals surface area contributed by atoms with E-state index < -0.39 is 5.97 Å². The van der Waals surface area contributed by atoms with Crippen molar-refractivity contribution in [3.63, 3.8) is 0 Å². The summed E-state index contributed by atoms with van der Waals surface area (Å²) in [5.41, 5.74) is 22.9. The molecule has 68 heavy (non-hydrogen) atoms. The summed E-state index contributed by atoms with van der Waals surface area (Å²) in [6.07, 6.45) is 0.0940. The summed E-state index contributed by atoms with van der Waals surface area (Å²) in [7, 11) is 3.78. The minimum Gasteiger partial charge on any atom is -0.870 e. The van der Waals surface area contributed by atoms with Crippen LogP contribution in [0.5, 0.6) is 11.5 Å². The minimum absolute atomic E-state index is 0. The van der Waals surface area contributed by atoms with E-state index in [2.05, 4.69) is 53.1 Å². The number of nitrogens with one attached hydrogen (secondary N) is 2. The number of carboxylic acids is 1. The third-order valence-electron chi connectivity index (χ3n) is 10.8. The number of esters is 1. The molecule has 13 nitrogen and oxygen atoms in total. The van der Waals surface area contributed by atoms with Crippen LogP contribution in [-0.4, -0.2) is 43.2 Å². The first-order chi connectivity index (χ1) is 32.2. The van der Waals surface area contributed by atoms with Crippen molar-refractivity contribution in [2.24, 2.45) is 11.5 Å². The van der Waals surface area contributed by atoms with E-state index in [0.29, 0.717) is 63.1 Å². The van der Waals surface area contributed by atoms with Gasteiger partial charge in [0.1, 0.15) is 47.4 Å². The number of ether oxygens (including phenoxy) is 3. The zero-order valence-corrected chi connectivity index (χ0v) is 39.0. The fourth-order valence-electron chi connectivity index (χ4n) is 7.82. The Morgan fingerprint density at radius 2 is 1.04 bits per heavy atom. The second-order valence-corrected chi connectivity index (χ2v) is 15.8. The molecule has 0 saturated heterocycles. The van der Waals surface area contributed by atoms with E-state index in [1.807, 2.05) is 93.0 Å². The minimum atomic E-state index is -0.889. The summed E-state index contributed by atoms with van der Waals surface area (Å²) >= 11 is 0. The quantitative estimate of drug-likeness (QED) is 0.0447. The predicted molar refractivity (Wildman–Crippen MR) is 260 cm³/mol. The Morgan fingerprint density at radius 1 is 0.588 bits per heavy atom. The van der Waals surface area contributed by atoms with Gasteiger partial charge in [-0.1, -0.05) is 72.8 Å². The molecule has 6 aromatic carbocycles. The molecular weight excluding hydrogens is 856 g/mol. The SMILES string of the molecule is CCOC(=O)Cc1ccccc1OCc1cc(-c2cccc(CN)c2)c2oc(CNC)cc2c1.CNCc1cc2cc(COc3ccccc3CC(=O)O)cc(-c3cccc(CN)c3)c2o1.[Li+].[OH-]. The standard InChI is InChI=1S/C28H30N2O4.C26H26N2O4.Li.H2O/c1-3-32-27(31)15-22-8-4-5-10-26(22)33-18-20-12-23-14-24(17-30-2)34-28(23)25(13-20)21-9-6-7-19(11-21)16-29;1-28-15-22-12-21-10-18(16-31-24-8-3-2-6-20(24)13-25(29)30)11-23(26(21)32-22)19-7-4-5-17(9-19)14-27;;/h4-14,30H,3,15-18,29H2,1-2H3;2-12,28H,13-16,27H2,1H3,(H,29,30);;1H2/q;;+1;/p-1. The number of benzene rings is 6. The summed E-state index contributed by atoms with van der Waals surface area (Å²) in [5.74, 6) is 1.81. The molecule has 0 atom stereocenters. The van der Waals surface area contributed by atoms with E-state index in [0.717, 1.165) is 83.5 Å². The van der Waals surface area contributed by atoms with Crippen molar-refractivity contribution < 1.29 is 62.1 Å². The Bertz CT molecular complexity index is 2930.